The van der Waals surface area contributed by atoms with Gasteiger partial charge in [-0.05, 0) is 12.1 Å². The number of anilines is 1. The number of nitrogens with zero attached hydrogens (tertiary/aromatic N) is 2. The number of hydrogen-bond donors (Lipinski definition) is 0. The van der Waals surface area contributed by atoms with E-state index in [0.29, 0.717) is 6.54 Å². The fourth-order valence-electron chi connectivity index (χ4n) is 1.63. The van der Waals surface area contributed by atoms with Gasteiger partial charge in [0.15, 0.2) is 0 Å². The number of rotatable bonds is 1. The molecule has 3 nitrogen and oxygen atoms in total. The van der Waals surface area contributed by atoms with Gasteiger partial charge < -0.3 is 0 Å². The fraction of sp³-hybridized carbons (Fsp3) is 0.400. The molecule has 1 unspecified atom stereocenters. The van der Waals surface area contributed by atoms with Crippen molar-refractivity contribution in [3.8, 4) is 0 Å². The third-order valence-electron chi connectivity index (χ3n) is 2.43. The van der Waals surface area contributed by atoms with Gasteiger partial charge in [0.05, 0.1) is 5.56 Å². The molecule has 1 saturated heterocycles. The van der Waals surface area contributed by atoms with Crippen molar-refractivity contribution in [3.05, 3.63) is 23.9 Å². The molecule has 1 aromatic rings. The molecule has 1 aromatic heterocycles. The molecular weight excluding hydrogens is 301 g/mol. The highest BCUT2D eigenvalue weighted by atomic mass is 79.9. The van der Waals surface area contributed by atoms with Gasteiger partial charge >= 0.3 is 6.18 Å². The van der Waals surface area contributed by atoms with Crippen LogP contribution in [0.15, 0.2) is 18.3 Å². The average molecular weight is 309 g/mol. The summed E-state index contributed by atoms with van der Waals surface area (Å²) in [5, 5.41) is 0. The summed E-state index contributed by atoms with van der Waals surface area (Å²) in [6.07, 6.45) is -3.08. The van der Waals surface area contributed by atoms with E-state index in [0.717, 1.165) is 18.3 Å². The van der Waals surface area contributed by atoms with Gasteiger partial charge in [-0.3, -0.25) is 9.69 Å². The SMILES string of the molecule is O=C1CC(Br)CN1c1cc(C(F)(F)F)ccn1. The summed E-state index contributed by atoms with van der Waals surface area (Å²) >= 11 is 3.26. The summed E-state index contributed by atoms with van der Waals surface area (Å²) in [5.41, 5.74) is -0.798. The minimum Gasteiger partial charge on any atom is -0.296 e. The van der Waals surface area contributed by atoms with Gasteiger partial charge in [-0.1, -0.05) is 15.9 Å². The fourth-order valence-corrected chi connectivity index (χ4v) is 2.19. The molecular formula is C10H8BrF3N2O. The molecule has 7 heteroatoms. The number of hydrogen-bond acceptors (Lipinski definition) is 2. The van der Waals surface area contributed by atoms with E-state index in [-0.39, 0.29) is 23.0 Å². The van der Waals surface area contributed by atoms with E-state index in [9.17, 15) is 18.0 Å². The minimum atomic E-state index is -4.42. The second-order valence-electron chi connectivity index (χ2n) is 3.71. The Bertz CT molecular complexity index is 449. The second kappa shape index (κ2) is 4.29. The van der Waals surface area contributed by atoms with Crippen LogP contribution in [-0.2, 0) is 11.0 Å². The standard InChI is InChI=1S/C10H8BrF3N2O/c11-7-4-9(17)16(5-7)8-3-6(1-2-15-8)10(12,13)14/h1-3,7H,4-5H2. The van der Waals surface area contributed by atoms with E-state index >= 15 is 0 Å². The van der Waals surface area contributed by atoms with Crippen LogP contribution >= 0.6 is 15.9 Å². The summed E-state index contributed by atoms with van der Waals surface area (Å²) in [5.74, 6) is -0.175. The van der Waals surface area contributed by atoms with Gasteiger partial charge in [-0.2, -0.15) is 13.2 Å². The monoisotopic (exact) mass is 308 g/mol. The van der Waals surface area contributed by atoms with Crippen LogP contribution in [0.25, 0.3) is 0 Å². The highest BCUT2D eigenvalue weighted by Crippen LogP contribution is 2.32. The van der Waals surface area contributed by atoms with Gasteiger partial charge in [0.1, 0.15) is 5.82 Å². The number of halogens is 4. The molecule has 0 spiro atoms. The van der Waals surface area contributed by atoms with Crippen LogP contribution in [0.5, 0.6) is 0 Å². The molecule has 0 bridgehead atoms. The summed E-state index contributed by atoms with van der Waals surface area (Å²) in [4.78, 5) is 16.5. The largest absolute Gasteiger partial charge is 0.416 e. The first kappa shape index (κ1) is 12.3. The Morgan fingerprint density at radius 2 is 2.18 bits per heavy atom. The third-order valence-corrected chi connectivity index (χ3v) is 3.04. The van der Waals surface area contributed by atoms with Crippen molar-refractivity contribution >= 4 is 27.7 Å². The van der Waals surface area contributed by atoms with Crippen molar-refractivity contribution in [2.75, 3.05) is 11.4 Å². The molecule has 2 heterocycles. The molecule has 0 radical (unpaired) electrons. The lowest BCUT2D eigenvalue weighted by Crippen LogP contribution is -2.26. The van der Waals surface area contributed by atoms with Crippen LogP contribution in [0.3, 0.4) is 0 Å². The van der Waals surface area contributed by atoms with E-state index in [1.54, 1.807) is 0 Å². The van der Waals surface area contributed by atoms with Gasteiger partial charge in [0.2, 0.25) is 5.91 Å². The highest BCUT2D eigenvalue weighted by molar-refractivity contribution is 9.09. The molecule has 1 atom stereocenters. The Balaban J connectivity index is 2.31. The van der Waals surface area contributed by atoms with Crippen molar-refractivity contribution < 1.29 is 18.0 Å². The van der Waals surface area contributed by atoms with Crippen molar-refractivity contribution in [2.24, 2.45) is 0 Å². The zero-order valence-corrected chi connectivity index (χ0v) is 10.1. The molecule has 17 heavy (non-hydrogen) atoms. The first-order valence-electron chi connectivity index (χ1n) is 4.85. The molecule has 1 aliphatic heterocycles. The number of carbonyl (C=O) groups excluding carboxylic acids is 1. The number of pyridine rings is 1. The summed E-state index contributed by atoms with van der Waals surface area (Å²) in [7, 11) is 0. The van der Waals surface area contributed by atoms with Gasteiger partial charge in [0, 0.05) is 24.0 Å². The van der Waals surface area contributed by atoms with Crippen LogP contribution < -0.4 is 4.90 Å². The summed E-state index contributed by atoms with van der Waals surface area (Å²) in [6.45, 7) is 0.340. The van der Waals surface area contributed by atoms with E-state index in [4.69, 9.17) is 0 Å². The van der Waals surface area contributed by atoms with Crippen LogP contribution in [0.1, 0.15) is 12.0 Å². The van der Waals surface area contributed by atoms with E-state index in [1.165, 1.54) is 4.90 Å². The second-order valence-corrected chi connectivity index (χ2v) is 5.00. The van der Waals surface area contributed by atoms with Gasteiger partial charge in [-0.15, -0.1) is 0 Å². The van der Waals surface area contributed by atoms with E-state index in [1.807, 2.05) is 0 Å². The summed E-state index contributed by atoms with van der Waals surface area (Å²) in [6, 6.07) is 1.78. The van der Waals surface area contributed by atoms with Crippen LogP contribution in [-0.4, -0.2) is 22.3 Å². The third kappa shape index (κ3) is 2.59. The Hall–Kier alpha value is -1.11. The summed E-state index contributed by atoms with van der Waals surface area (Å²) < 4.78 is 37.5. The van der Waals surface area contributed by atoms with Crippen LogP contribution in [0.4, 0.5) is 19.0 Å². The molecule has 1 aliphatic rings. The van der Waals surface area contributed by atoms with Crippen LogP contribution in [0.2, 0.25) is 0 Å². The smallest absolute Gasteiger partial charge is 0.296 e. The lowest BCUT2D eigenvalue weighted by Gasteiger charge is -2.16. The van der Waals surface area contributed by atoms with E-state index < -0.39 is 11.7 Å². The zero-order valence-electron chi connectivity index (χ0n) is 8.54. The topological polar surface area (TPSA) is 33.2 Å². The Morgan fingerprint density at radius 3 is 2.71 bits per heavy atom. The number of aromatic nitrogens is 1. The lowest BCUT2D eigenvalue weighted by molar-refractivity contribution is -0.137. The minimum absolute atomic E-state index is 0.0358. The average Bonchev–Trinajstić information content (AvgIpc) is 2.57. The van der Waals surface area contributed by atoms with E-state index in [2.05, 4.69) is 20.9 Å². The number of amides is 1. The molecule has 0 N–H and O–H groups in total. The normalized spacial score (nSPS) is 21.1. The molecule has 92 valence electrons. The molecule has 0 saturated carbocycles. The molecule has 0 aromatic carbocycles. The van der Waals surface area contributed by atoms with Gasteiger partial charge in [0.25, 0.3) is 0 Å². The lowest BCUT2D eigenvalue weighted by atomic mass is 10.2. The maximum absolute atomic E-state index is 12.5. The molecule has 2 rings (SSSR count). The Morgan fingerprint density at radius 1 is 1.47 bits per heavy atom. The van der Waals surface area contributed by atoms with Crippen molar-refractivity contribution in [2.45, 2.75) is 17.4 Å². The zero-order chi connectivity index (χ0) is 12.6. The van der Waals surface area contributed by atoms with Gasteiger partial charge in [-0.25, -0.2) is 4.98 Å². The predicted octanol–water partition coefficient (Wildman–Crippen LogP) is 2.60. The predicted molar refractivity (Wildman–Crippen MR) is 58.9 cm³/mol. The van der Waals surface area contributed by atoms with Crippen molar-refractivity contribution in [1.82, 2.24) is 4.98 Å². The first-order chi connectivity index (χ1) is 7.88. The van der Waals surface area contributed by atoms with Crippen LogP contribution in [0, 0.1) is 0 Å². The number of carbonyl (C=O) groups is 1. The highest BCUT2D eigenvalue weighted by Gasteiger charge is 2.34. The maximum Gasteiger partial charge on any atom is 0.416 e. The quantitative estimate of drug-likeness (QED) is 0.747. The van der Waals surface area contributed by atoms with Crippen molar-refractivity contribution in [1.29, 1.82) is 0 Å². The molecule has 0 aliphatic carbocycles. The maximum atomic E-state index is 12.5. The first-order valence-corrected chi connectivity index (χ1v) is 5.77. The Labute approximate surface area is 104 Å². The van der Waals surface area contributed by atoms with Crippen molar-refractivity contribution in [3.63, 3.8) is 0 Å². The molecule has 1 amide bonds. The molecule has 1 fully saturated rings. The number of alkyl halides is 4. The Kier molecular flexibility index (Phi) is 3.11.